The second-order valence-corrected chi connectivity index (χ2v) is 6.04. The van der Waals surface area contributed by atoms with Gasteiger partial charge in [0, 0.05) is 28.3 Å². The molecule has 0 amide bonds. The zero-order valence-electron chi connectivity index (χ0n) is 11.5. The van der Waals surface area contributed by atoms with Crippen LogP contribution in [0.4, 0.5) is 0 Å². The zero-order chi connectivity index (χ0) is 14.7. The van der Waals surface area contributed by atoms with Crippen molar-refractivity contribution < 1.29 is 0 Å². The maximum Gasteiger partial charge on any atom is 0.0670 e. The molecule has 2 rings (SSSR count). The topological polar surface area (TPSA) is 55.9 Å². The molecule has 1 atom stereocenters. The van der Waals surface area contributed by atoms with Gasteiger partial charge < -0.3 is 0 Å². The molecule has 108 valence electrons. The summed E-state index contributed by atoms with van der Waals surface area (Å²) in [5.41, 5.74) is 6.11. The van der Waals surface area contributed by atoms with Crippen LogP contribution in [-0.4, -0.2) is 9.78 Å². The minimum absolute atomic E-state index is 0.00248. The molecule has 1 aromatic heterocycles. The lowest BCUT2D eigenvalue weighted by Crippen LogP contribution is -2.30. The van der Waals surface area contributed by atoms with Crippen LogP contribution in [0.3, 0.4) is 0 Å². The van der Waals surface area contributed by atoms with Gasteiger partial charge in [0.2, 0.25) is 0 Å². The van der Waals surface area contributed by atoms with E-state index in [-0.39, 0.29) is 6.04 Å². The van der Waals surface area contributed by atoms with E-state index in [0.29, 0.717) is 0 Å². The molecule has 0 aliphatic heterocycles. The molecule has 0 bridgehead atoms. The summed E-state index contributed by atoms with van der Waals surface area (Å²) >= 11 is 9.69. The molecule has 3 N–H and O–H groups in total. The Balaban J connectivity index is 2.28. The number of nitrogens with one attached hydrogen (secondary N) is 1. The lowest BCUT2D eigenvalue weighted by Gasteiger charge is -2.16. The molecule has 0 spiro atoms. The van der Waals surface area contributed by atoms with E-state index in [1.165, 1.54) is 0 Å². The Bertz CT molecular complexity index is 597. The van der Waals surface area contributed by atoms with E-state index in [1.54, 1.807) is 0 Å². The Morgan fingerprint density at radius 2 is 2.25 bits per heavy atom. The van der Waals surface area contributed by atoms with Crippen LogP contribution in [0, 0.1) is 0 Å². The Morgan fingerprint density at radius 3 is 2.85 bits per heavy atom. The second kappa shape index (κ2) is 6.72. The molecule has 0 radical (unpaired) electrons. The SMILES string of the molecule is CCc1nn(C)cc1C(Cc1ccc(Br)cc1Cl)NN. The molecule has 0 aliphatic rings. The highest BCUT2D eigenvalue weighted by atomic mass is 79.9. The van der Waals surface area contributed by atoms with E-state index in [0.717, 1.165) is 39.2 Å². The Labute approximate surface area is 132 Å². The first-order valence-corrected chi connectivity index (χ1v) is 7.64. The van der Waals surface area contributed by atoms with Gasteiger partial charge in [-0.1, -0.05) is 40.5 Å². The van der Waals surface area contributed by atoms with Crippen LogP contribution in [0.15, 0.2) is 28.9 Å². The van der Waals surface area contributed by atoms with Crippen LogP contribution in [0.5, 0.6) is 0 Å². The van der Waals surface area contributed by atoms with Crippen molar-refractivity contribution in [3.8, 4) is 0 Å². The van der Waals surface area contributed by atoms with E-state index in [4.69, 9.17) is 17.4 Å². The number of benzene rings is 1. The first-order valence-electron chi connectivity index (χ1n) is 6.47. The fourth-order valence-electron chi connectivity index (χ4n) is 2.28. The van der Waals surface area contributed by atoms with E-state index >= 15 is 0 Å². The van der Waals surface area contributed by atoms with Gasteiger partial charge in [-0.2, -0.15) is 5.10 Å². The summed E-state index contributed by atoms with van der Waals surface area (Å²) in [4.78, 5) is 0. The van der Waals surface area contributed by atoms with Gasteiger partial charge in [-0.25, -0.2) is 0 Å². The summed E-state index contributed by atoms with van der Waals surface area (Å²) in [5, 5.41) is 5.19. The highest BCUT2D eigenvalue weighted by molar-refractivity contribution is 9.10. The molecule has 1 heterocycles. The van der Waals surface area contributed by atoms with Crippen molar-refractivity contribution in [3.05, 3.63) is 50.7 Å². The van der Waals surface area contributed by atoms with Crippen LogP contribution in [0.2, 0.25) is 5.02 Å². The average molecular weight is 358 g/mol. The van der Waals surface area contributed by atoms with Crippen molar-refractivity contribution in [1.82, 2.24) is 15.2 Å². The Hall–Kier alpha value is -0.880. The molecule has 0 saturated carbocycles. The van der Waals surface area contributed by atoms with Gasteiger partial charge in [-0.05, 0) is 30.5 Å². The number of hydrazine groups is 1. The second-order valence-electron chi connectivity index (χ2n) is 4.72. The summed E-state index contributed by atoms with van der Waals surface area (Å²) in [5.74, 6) is 5.73. The molecule has 2 aromatic rings. The number of nitrogens with zero attached hydrogens (tertiary/aromatic N) is 2. The molecular weight excluding hydrogens is 340 g/mol. The lowest BCUT2D eigenvalue weighted by atomic mass is 9.99. The van der Waals surface area contributed by atoms with Crippen molar-refractivity contribution in [3.63, 3.8) is 0 Å². The number of aromatic nitrogens is 2. The van der Waals surface area contributed by atoms with Gasteiger partial charge in [0.15, 0.2) is 0 Å². The summed E-state index contributed by atoms with van der Waals surface area (Å²) in [6.07, 6.45) is 3.61. The Kier molecular flexibility index (Phi) is 5.21. The van der Waals surface area contributed by atoms with E-state index in [2.05, 4.69) is 33.4 Å². The minimum atomic E-state index is -0.00248. The van der Waals surface area contributed by atoms with Gasteiger partial charge in [0.05, 0.1) is 11.7 Å². The quantitative estimate of drug-likeness (QED) is 0.638. The highest BCUT2D eigenvalue weighted by Gasteiger charge is 2.18. The lowest BCUT2D eigenvalue weighted by molar-refractivity contribution is 0.547. The van der Waals surface area contributed by atoms with Crippen LogP contribution < -0.4 is 11.3 Å². The summed E-state index contributed by atoms with van der Waals surface area (Å²) in [6, 6.07) is 5.89. The molecule has 1 unspecified atom stereocenters. The summed E-state index contributed by atoms with van der Waals surface area (Å²) in [6.45, 7) is 2.09. The van der Waals surface area contributed by atoms with Gasteiger partial charge >= 0.3 is 0 Å². The standard InChI is InChI=1S/C14H18BrClN4/c1-3-13-11(8-20(2)19-13)14(18-17)6-9-4-5-10(15)7-12(9)16/h4-5,7-8,14,18H,3,6,17H2,1-2H3. The molecule has 6 heteroatoms. The monoisotopic (exact) mass is 356 g/mol. The van der Waals surface area contributed by atoms with Crippen molar-refractivity contribution in [1.29, 1.82) is 0 Å². The van der Waals surface area contributed by atoms with Crippen molar-refractivity contribution in [2.75, 3.05) is 0 Å². The minimum Gasteiger partial charge on any atom is -0.275 e. The third kappa shape index (κ3) is 3.41. The molecular formula is C14H18BrClN4. The molecule has 0 fully saturated rings. The maximum absolute atomic E-state index is 6.28. The van der Waals surface area contributed by atoms with Gasteiger partial charge in [0.1, 0.15) is 0 Å². The fraction of sp³-hybridized carbons (Fsp3) is 0.357. The number of aryl methyl sites for hydroxylation is 2. The van der Waals surface area contributed by atoms with Gasteiger partial charge in [-0.3, -0.25) is 16.0 Å². The van der Waals surface area contributed by atoms with Crippen LogP contribution in [-0.2, 0) is 19.9 Å². The number of halogens is 2. The molecule has 0 saturated heterocycles. The first-order chi connectivity index (χ1) is 9.55. The summed E-state index contributed by atoms with van der Waals surface area (Å²) in [7, 11) is 1.92. The van der Waals surface area contributed by atoms with Gasteiger partial charge in [-0.15, -0.1) is 0 Å². The molecule has 20 heavy (non-hydrogen) atoms. The van der Waals surface area contributed by atoms with Gasteiger partial charge in [0.25, 0.3) is 0 Å². The van der Waals surface area contributed by atoms with Crippen LogP contribution in [0.1, 0.15) is 29.8 Å². The predicted molar refractivity (Wildman–Crippen MR) is 85.5 cm³/mol. The predicted octanol–water partition coefficient (Wildman–Crippen LogP) is 3.15. The molecule has 0 aliphatic carbocycles. The molecule has 1 aromatic carbocycles. The van der Waals surface area contributed by atoms with E-state index in [1.807, 2.05) is 36.1 Å². The number of hydrogen-bond donors (Lipinski definition) is 2. The third-order valence-electron chi connectivity index (χ3n) is 3.29. The Morgan fingerprint density at radius 1 is 1.50 bits per heavy atom. The largest absolute Gasteiger partial charge is 0.275 e. The summed E-state index contributed by atoms with van der Waals surface area (Å²) < 4.78 is 2.79. The highest BCUT2D eigenvalue weighted by Crippen LogP contribution is 2.27. The van der Waals surface area contributed by atoms with E-state index in [9.17, 15) is 0 Å². The number of nitrogens with two attached hydrogens (primary N) is 1. The number of hydrogen-bond acceptors (Lipinski definition) is 3. The smallest absolute Gasteiger partial charge is 0.0670 e. The van der Waals surface area contributed by atoms with Crippen molar-refractivity contribution in [2.24, 2.45) is 12.9 Å². The van der Waals surface area contributed by atoms with Crippen LogP contribution in [0.25, 0.3) is 0 Å². The van der Waals surface area contributed by atoms with Crippen molar-refractivity contribution in [2.45, 2.75) is 25.8 Å². The molecule has 4 nitrogen and oxygen atoms in total. The first kappa shape index (κ1) is 15.5. The van der Waals surface area contributed by atoms with Crippen LogP contribution >= 0.6 is 27.5 Å². The normalized spacial score (nSPS) is 12.7. The average Bonchev–Trinajstić information content (AvgIpc) is 2.79. The number of rotatable bonds is 5. The van der Waals surface area contributed by atoms with E-state index < -0.39 is 0 Å². The third-order valence-corrected chi connectivity index (χ3v) is 4.13. The zero-order valence-corrected chi connectivity index (χ0v) is 13.9. The fourth-order valence-corrected chi connectivity index (χ4v) is 3.04. The van der Waals surface area contributed by atoms with Crippen molar-refractivity contribution >= 4 is 27.5 Å². The maximum atomic E-state index is 6.28.